The second-order valence-electron chi connectivity index (χ2n) is 3.02. The van der Waals surface area contributed by atoms with Gasteiger partial charge in [-0.25, -0.2) is 0 Å². The van der Waals surface area contributed by atoms with E-state index in [1.807, 2.05) is 0 Å². The van der Waals surface area contributed by atoms with Crippen LogP contribution in [0.3, 0.4) is 0 Å². The van der Waals surface area contributed by atoms with E-state index in [9.17, 15) is 5.11 Å². The van der Waals surface area contributed by atoms with Crippen LogP contribution in [0.15, 0.2) is 12.1 Å². The molecule has 0 radical (unpaired) electrons. The molecule has 0 unspecified atom stereocenters. The summed E-state index contributed by atoms with van der Waals surface area (Å²) in [6, 6.07) is 2.50. The van der Waals surface area contributed by atoms with Crippen molar-refractivity contribution in [3.8, 4) is 17.2 Å². The first-order valence-electron chi connectivity index (χ1n) is 4.46. The number of rotatable bonds is 4. The second kappa shape index (κ2) is 4.86. The van der Waals surface area contributed by atoms with Crippen molar-refractivity contribution >= 4 is 0 Å². The molecule has 0 aromatic heterocycles. The smallest absolute Gasteiger partial charge is 0.166 e. The molecule has 0 saturated heterocycles. The van der Waals surface area contributed by atoms with Gasteiger partial charge in [0.25, 0.3) is 0 Å². The molecule has 0 amide bonds. The summed E-state index contributed by atoms with van der Waals surface area (Å²) < 4.78 is 9.98. The van der Waals surface area contributed by atoms with Gasteiger partial charge in [0.2, 0.25) is 0 Å². The van der Waals surface area contributed by atoms with Gasteiger partial charge in [-0.2, -0.15) is 0 Å². The summed E-state index contributed by atoms with van der Waals surface area (Å²) in [7, 11) is 2.91. The maximum atomic E-state index is 9.81. The van der Waals surface area contributed by atoms with Crippen molar-refractivity contribution in [1.29, 1.82) is 0 Å². The molecule has 1 atom stereocenters. The maximum Gasteiger partial charge on any atom is 0.166 e. The highest BCUT2D eigenvalue weighted by atomic mass is 16.5. The van der Waals surface area contributed by atoms with Crippen LogP contribution in [0.25, 0.3) is 0 Å². The largest absolute Gasteiger partial charge is 0.504 e. The first kappa shape index (κ1) is 11.6. The average molecular weight is 213 g/mol. The Balaban J connectivity index is 3.29. The standard InChI is InChI=1S/C10H15NO4/c1-14-7-3-4-8(15-2)10(13)9(7)6(11)5-12/h3-4,6,12-13H,5,11H2,1-2H3/t6-/m0/s1. The Kier molecular flexibility index (Phi) is 3.76. The lowest BCUT2D eigenvalue weighted by Crippen LogP contribution is -2.16. The molecular formula is C10H15NO4. The van der Waals surface area contributed by atoms with Crippen molar-refractivity contribution in [3.63, 3.8) is 0 Å². The highest BCUT2D eigenvalue weighted by Crippen LogP contribution is 2.39. The van der Waals surface area contributed by atoms with E-state index in [0.717, 1.165) is 0 Å². The van der Waals surface area contributed by atoms with Crippen LogP contribution >= 0.6 is 0 Å². The van der Waals surface area contributed by atoms with Gasteiger partial charge in [-0.05, 0) is 12.1 Å². The zero-order valence-electron chi connectivity index (χ0n) is 8.73. The lowest BCUT2D eigenvalue weighted by molar-refractivity contribution is 0.260. The van der Waals surface area contributed by atoms with Gasteiger partial charge in [0.05, 0.1) is 32.4 Å². The molecule has 1 aromatic rings. The molecule has 4 N–H and O–H groups in total. The third-order valence-corrected chi connectivity index (χ3v) is 2.15. The molecular weight excluding hydrogens is 198 g/mol. The Labute approximate surface area is 88.0 Å². The molecule has 0 bridgehead atoms. The summed E-state index contributed by atoms with van der Waals surface area (Å²) >= 11 is 0. The Morgan fingerprint density at radius 3 is 2.27 bits per heavy atom. The lowest BCUT2D eigenvalue weighted by Gasteiger charge is -2.16. The van der Waals surface area contributed by atoms with Crippen LogP contribution in [0.1, 0.15) is 11.6 Å². The third kappa shape index (κ3) is 2.14. The van der Waals surface area contributed by atoms with E-state index in [0.29, 0.717) is 17.1 Å². The van der Waals surface area contributed by atoms with E-state index in [-0.39, 0.29) is 12.4 Å². The number of methoxy groups -OCH3 is 2. The molecule has 0 saturated carbocycles. The van der Waals surface area contributed by atoms with Crippen molar-refractivity contribution in [2.45, 2.75) is 6.04 Å². The molecule has 15 heavy (non-hydrogen) atoms. The number of aromatic hydroxyl groups is 1. The molecule has 0 aliphatic heterocycles. The summed E-state index contributed by atoms with van der Waals surface area (Å²) in [5.41, 5.74) is 6.00. The number of benzene rings is 1. The van der Waals surface area contributed by atoms with Gasteiger partial charge >= 0.3 is 0 Å². The summed E-state index contributed by atoms with van der Waals surface area (Å²) in [4.78, 5) is 0. The van der Waals surface area contributed by atoms with E-state index in [1.165, 1.54) is 14.2 Å². The van der Waals surface area contributed by atoms with Crippen molar-refractivity contribution < 1.29 is 19.7 Å². The minimum absolute atomic E-state index is 0.0987. The van der Waals surface area contributed by atoms with Crippen LogP contribution < -0.4 is 15.2 Å². The second-order valence-corrected chi connectivity index (χ2v) is 3.02. The highest BCUT2D eigenvalue weighted by Gasteiger charge is 2.19. The third-order valence-electron chi connectivity index (χ3n) is 2.15. The zero-order chi connectivity index (χ0) is 11.4. The van der Waals surface area contributed by atoms with Crippen LogP contribution in [0, 0.1) is 0 Å². The maximum absolute atomic E-state index is 9.81. The van der Waals surface area contributed by atoms with Crippen molar-refractivity contribution in [3.05, 3.63) is 17.7 Å². The Morgan fingerprint density at radius 2 is 1.80 bits per heavy atom. The van der Waals surface area contributed by atoms with Gasteiger partial charge in [0.15, 0.2) is 11.5 Å². The molecule has 0 aliphatic rings. The molecule has 1 rings (SSSR count). The Morgan fingerprint density at radius 1 is 1.27 bits per heavy atom. The van der Waals surface area contributed by atoms with Gasteiger partial charge in [-0.1, -0.05) is 0 Å². The van der Waals surface area contributed by atoms with Crippen LogP contribution in [-0.2, 0) is 0 Å². The summed E-state index contributed by atoms with van der Waals surface area (Å²) in [5, 5.41) is 18.8. The minimum atomic E-state index is -0.699. The number of aliphatic hydroxyl groups is 1. The molecule has 0 heterocycles. The molecule has 84 valence electrons. The van der Waals surface area contributed by atoms with Gasteiger partial charge in [0.1, 0.15) is 5.75 Å². The van der Waals surface area contributed by atoms with Gasteiger partial charge < -0.3 is 25.4 Å². The van der Waals surface area contributed by atoms with Crippen LogP contribution in [-0.4, -0.2) is 31.0 Å². The van der Waals surface area contributed by atoms with Crippen LogP contribution in [0.5, 0.6) is 17.2 Å². The van der Waals surface area contributed by atoms with E-state index >= 15 is 0 Å². The highest BCUT2D eigenvalue weighted by molar-refractivity contribution is 5.54. The predicted octanol–water partition coefficient (Wildman–Crippen LogP) is 0.402. The van der Waals surface area contributed by atoms with Crippen LogP contribution in [0.2, 0.25) is 0 Å². The average Bonchev–Trinajstić information content (AvgIpc) is 2.27. The summed E-state index contributed by atoms with van der Waals surface area (Å²) in [6.45, 7) is -0.281. The number of aliphatic hydroxyl groups excluding tert-OH is 1. The summed E-state index contributed by atoms with van der Waals surface area (Å²) in [6.07, 6.45) is 0. The Bertz CT molecular complexity index is 340. The number of ether oxygens (including phenoxy) is 2. The van der Waals surface area contributed by atoms with E-state index < -0.39 is 6.04 Å². The molecule has 0 spiro atoms. The number of phenolic OH excluding ortho intramolecular Hbond substituents is 1. The van der Waals surface area contributed by atoms with E-state index in [4.69, 9.17) is 20.3 Å². The molecule has 0 aliphatic carbocycles. The monoisotopic (exact) mass is 213 g/mol. The van der Waals surface area contributed by atoms with Crippen LogP contribution in [0.4, 0.5) is 0 Å². The number of hydrogen-bond acceptors (Lipinski definition) is 5. The van der Waals surface area contributed by atoms with Crippen molar-refractivity contribution in [2.24, 2.45) is 5.73 Å². The topological polar surface area (TPSA) is 84.9 Å². The van der Waals surface area contributed by atoms with E-state index in [2.05, 4.69) is 0 Å². The lowest BCUT2D eigenvalue weighted by atomic mass is 10.1. The molecule has 0 fully saturated rings. The normalized spacial score (nSPS) is 12.3. The first-order chi connectivity index (χ1) is 7.15. The van der Waals surface area contributed by atoms with Crippen molar-refractivity contribution in [2.75, 3.05) is 20.8 Å². The number of hydrogen-bond donors (Lipinski definition) is 3. The van der Waals surface area contributed by atoms with Gasteiger partial charge in [0, 0.05) is 0 Å². The fraction of sp³-hybridized carbons (Fsp3) is 0.400. The molecule has 1 aromatic carbocycles. The first-order valence-corrected chi connectivity index (χ1v) is 4.46. The van der Waals surface area contributed by atoms with Gasteiger partial charge in [-0.15, -0.1) is 0 Å². The fourth-order valence-electron chi connectivity index (χ4n) is 1.36. The molecule has 5 nitrogen and oxygen atoms in total. The quantitative estimate of drug-likeness (QED) is 0.674. The van der Waals surface area contributed by atoms with E-state index in [1.54, 1.807) is 12.1 Å². The fourth-order valence-corrected chi connectivity index (χ4v) is 1.36. The summed E-state index contributed by atoms with van der Waals surface area (Å²) in [5.74, 6) is 0.628. The predicted molar refractivity (Wildman–Crippen MR) is 55.2 cm³/mol. The van der Waals surface area contributed by atoms with Crippen molar-refractivity contribution in [1.82, 2.24) is 0 Å². The number of phenols is 1. The number of nitrogens with two attached hydrogens (primary N) is 1. The van der Waals surface area contributed by atoms with Gasteiger partial charge in [-0.3, -0.25) is 0 Å². The zero-order valence-corrected chi connectivity index (χ0v) is 8.73. The SMILES string of the molecule is COc1ccc(OC)c([C@@H](N)CO)c1O. The minimum Gasteiger partial charge on any atom is -0.504 e. The Hall–Kier alpha value is -1.46. The molecule has 5 heteroatoms.